The average molecular weight is 242 g/mol. The maximum absolute atomic E-state index is 11.9. The second kappa shape index (κ2) is 6.59. The Morgan fingerprint density at radius 2 is 2.12 bits per heavy atom. The molecule has 0 radical (unpaired) electrons. The Bertz CT molecular complexity index is 275. The quantitative estimate of drug-likeness (QED) is 0.666. The van der Waals surface area contributed by atoms with E-state index in [0.717, 1.165) is 12.8 Å². The molecule has 1 atom stereocenters. The molecule has 1 amide bonds. The van der Waals surface area contributed by atoms with Crippen LogP contribution in [0.3, 0.4) is 0 Å². The van der Waals surface area contributed by atoms with Gasteiger partial charge in [0.1, 0.15) is 6.54 Å². The standard InChI is InChI=1S/C12H22N2O3/c1-3-17-12(16)8-14(10-5-6-10)11(15)7-4-9(2)13/h9-10H,3-8,13H2,1-2H3. The molecule has 0 heterocycles. The molecule has 1 unspecified atom stereocenters. The molecule has 98 valence electrons. The molecule has 1 aliphatic carbocycles. The number of rotatable bonds is 7. The zero-order valence-corrected chi connectivity index (χ0v) is 10.6. The molecule has 2 N–H and O–H groups in total. The summed E-state index contributed by atoms with van der Waals surface area (Å²) in [6.07, 6.45) is 3.05. The zero-order valence-electron chi connectivity index (χ0n) is 10.6. The Kier molecular flexibility index (Phi) is 5.41. The Morgan fingerprint density at radius 3 is 2.59 bits per heavy atom. The molecule has 0 bridgehead atoms. The van der Waals surface area contributed by atoms with E-state index in [9.17, 15) is 9.59 Å². The lowest BCUT2D eigenvalue weighted by Gasteiger charge is -2.21. The summed E-state index contributed by atoms with van der Waals surface area (Å²) in [5.74, 6) is -0.314. The third kappa shape index (κ3) is 5.17. The van der Waals surface area contributed by atoms with Gasteiger partial charge in [0.25, 0.3) is 0 Å². The number of carbonyl (C=O) groups is 2. The lowest BCUT2D eigenvalue weighted by Crippen LogP contribution is -2.38. The van der Waals surface area contributed by atoms with Gasteiger partial charge in [-0.25, -0.2) is 0 Å². The van der Waals surface area contributed by atoms with Crippen LogP contribution in [0, 0.1) is 0 Å². The van der Waals surface area contributed by atoms with Gasteiger partial charge in [-0.1, -0.05) is 0 Å². The van der Waals surface area contributed by atoms with Gasteiger partial charge in [0, 0.05) is 18.5 Å². The van der Waals surface area contributed by atoms with Crippen molar-refractivity contribution >= 4 is 11.9 Å². The Hall–Kier alpha value is -1.10. The Balaban J connectivity index is 2.42. The van der Waals surface area contributed by atoms with Crippen molar-refractivity contribution < 1.29 is 14.3 Å². The number of amides is 1. The summed E-state index contributed by atoms with van der Waals surface area (Å²) < 4.78 is 4.87. The van der Waals surface area contributed by atoms with E-state index in [1.165, 1.54) is 0 Å². The van der Waals surface area contributed by atoms with Gasteiger partial charge in [-0.3, -0.25) is 9.59 Å². The zero-order chi connectivity index (χ0) is 12.8. The van der Waals surface area contributed by atoms with Gasteiger partial charge in [-0.05, 0) is 33.1 Å². The summed E-state index contributed by atoms with van der Waals surface area (Å²) in [5.41, 5.74) is 5.62. The van der Waals surface area contributed by atoms with Crippen molar-refractivity contribution in [3.8, 4) is 0 Å². The van der Waals surface area contributed by atoms with E-state index >= 15 is 0 Å². The first-order valence-corrected chi connectivity index (χ1v) is 6.25. The van der Waals surface area contributed by atoms with Crippen molar-refractivity contribution in [2.24, 2.45) is 5.73 Å². The van der Waals surface area contributed by atoms with Crippen LogP contribution in [-0.2, 0) is 14.3 Å². The van der Waals surface area contributed by atoms with Crippen LogP contribution in [0.5, 0.6) is 0 Å². The SMILES string of the molecule is CCOC(=O)CN(C(=O)CCC(C)N)C1CC1. The lowest BCUT2D eigenvalue weighted by atomic mass is 10.2. The van der Waals surface area contributed by atoms with Crippen LogP contribution in [-0.4, -0.2) is 42.0 Å². The molecule has 5 heteroatoms. The summed E-state index contributed by atoms with van der Waals surface area (Å²) in [7, 11) is 0. The molecule has 0 aromatic rings. The second-order valence-electron chi connectivity index (χ2n) is 4.57. The predicted molar refractivity (Wildman–Crippen MR) is 64.3 cm³/mol. The molecule has 0 aliphatic heterocycles. The van der Waals surface area contributed by atoms with Crippen molar-refractivity contribution in [2.45, 2.75) is 51.6 Å². The lowest BCUT2D eigenvalue weighted by molar-refractivity contribution is -0.149. The van der Waals surface area contributed by atoms with E-state index < -0.39 is 0 Å². The van der Waals surface area contributed by atoms with E-state index in [2.05, 4.69) is 0 Å². The van der Waals surface area contributed by atoms with Gasteiger partial charge in [-0.15, -0.1) is 0 Å². The van der Waals surface area contributed by atoms with Gasteiger partial charge in [0.05, 0.1) is 6.61 Å². The molecular formula is C12H22N2O3. The highest BCUT2D eigenvalue weighted by Crippen LogP contribution is 2.27. The first-order valence-electron chi connectivity index (χ1n) is 6.25. The van der Waals surface area contributed by atoms with Gasteiger partial charge >= 0.3 is 5.97 Å². The van der Waals surface area contributed by atoms with Crippen LogP contribution in [0.2, 0.25) is 0 Å². The highest BCUT2D eigenvalue weighted by atomic mass is 16.5. The molecule has 0 spiro atoms. The number of hydrogen-bond donors (Lipinski definition) is 1. The van der Waals surface area contributed by atoms with Gasteiger partial charge in [0.15, 0.2) is 0 Å². The first-order chi connectivity index (χ1) is 8.04. The van der Waals surface area contributed by atoms with Crippen LogP contribution in [0.15, 0.2) is 0 Å². The predicted octanol–water partition coefficient (Wildman–Crippen LogP) is 0.668. The smallest absolute Gasteiger partial charge is 0.325 e. The number of nitrogens with zero attached hydrogens (tertiary/aromatic N) is 1. The van der Waals surface area contributed by atoms with Crippen LogP contribution in [0.1, 0.15) is 39.5 Å². The molecule has 1 fully saturated rings. The van der Waals surface area contributed by atoms with E-state index in [1.807, 2.05) is 6.92 Å². The minimum absolute atomic E-state index is 0.0119. The monoisotopic (exact) mass is 242 g/mol. The number of ether oxygens (including phenoxy) is 1. The van der Waals surface area contributed by atoms with Crippen LogP contribution in [0.25, 0.3) is 0 Å². The summed E-state index contributed by atoms with van der Waals surface area (Å²) >= 11 is 0. The maximum atomic E-state index is 11.9. The largest absolute Gasteiger partial charge is 0.465 e. The van der Waals surface area contributed by atoms with Gasteiger partial charge in [-0.2, -0.15) is 0 Å². The van der Waals surface area contributed by atoms with Crippen LogP contribution in [0.4, 0.5) is 0 Å². The molecule has 0 saturated heterocycles. The molecule has 17 heavy (non-hydrogen) atoms. The first kappa shape index (κ1) is 14.0. The van der Waals surface area contributed by atoms with E-state index in [4.69, 9.17) is 10.5 Å². The fraction of sp³-hybridized carbons (Fsp3) is 0.833. The molecule has 5 nitrogen and oxygen atoms in total. The molecular weight excluding hydrogens is 220 g/mol. The summed E-state index contributed by atoms with van der Waals surface area (Å²) in [4.78, 5) is 25.0. The summed E-state index contributed by atoms with van der Waals surface area (Å²) in [5, 5.41) is 0. The summed E-state index contributed by atoms with van der Waals surface area (Å²) in [6, 6.07) is 0.252. The van der Waals surface area contributed by atoms with Crippen molar-refractivity contribution in [1.29, 1.82) is 0 Å². The number of carbonyl (C=O) groups excluding carboxylic acids is 2. The Morgan fingerprint density at radius 1 is 1.47 bits per heavy atom. The summed E-state index contributed by atoms with van der Waals surface area (Å²) in [6.45, 7) is 4.07. The van der Waals surface area contributed by atoms with Gasteiger partial charge < -0.3 is 15.4 Å². The highest BCUT2D eigenvalue weighted by Gasteiger charge is 2.33. The Labute approximate surface area is 102 Å². The third-order valence-electron chi connectivity index (χ3n) is 2.73. The average Bonchev–Trinajstić information content (AvgIpc) is 3.06. The van der Waals surface area contributed by atoms with Crippen molar-refractivity contribution in [1.82, 2.24) is 4.90 Å². The van der Waals surface area contributed by atoms with Crippen molar-refractivity contribution in [2.75, 3.05) is 13.2 Å². The van der Waals surface area contributed by atoms with Crippen LogP contribution >= 0.6 is 0 Å². The van der Waals surface area contributed by atoms with E-state index in [-0.39, 0.29) is 30.5 Å². The van der Waals surface area contributed by atoms with E-state index in [0.29, 0.717) is 19.4 Å². The normalized spacial score (nSPS) is 16.4. The van der Waals surface area contributed by atoms with Crippen molar-refractivity contribution in [3.63, 3.8) is 0 Å². The van der Waals surface area contributed by atoms with E-state index in [1.54, 1.807) is 11.8 Å². The molecule has 1 aliphatic rings. The second-order valence-corrected chi connectivity index (χ2v) is 4.57. The third-order valence-corrected chi connectivity index (χ3v) is 2.73. The maximum Gasteiger partial charge on any atom is 0.325 e. The number of nitrogens with two attached hydrogens (primary N) is 1. The van der Waals surface area contributed by atoms with Crippen molar-refractivity contribution in [3.05, 3.63) is 0 Å². The molecule has 0 aromatic heterocycles. The number of esters is 1. The fourth-order valence-corrected chi connectivity index (χ4v) is 1.65. The minimum Gasteiger partial charge on any atom is -0.465 e. The fourth-order valence-electron chi connectivity index (χ4n) is 1.65. The topological polar surface area (TPSA) is 72.6 Å². The van der Waals surface area contributed by atoms with Crippen LogP contribution < -0.4 is 5.73 Å². The minimum atomic E-state index is -0.325. The molecule has 1 rings (SSSR count). The molecule has 0 aromatic carbocycles. The molecule has 1 saturated carbocycles. The number of hydrogen-bond acceptors (Lipinski definition) is 4. The highest BCUT2D eigenvalue weighted by molar-refractivity contribution is 5.82. The van der Waals surface area contributed by atoms with Gasteiger partial charge in [0.2, 0.25) is 5.91 Å².